The summed E-state index contributed by atoms with van der Waals surface area (Å²) in [7, 11) is 0. The van der Waals surface area contributed by atoms with Crippen LogP contribution in [0.4, 0.5) is 13.2 Å². The number of hydrogen-bond acceptors (Lipinski definition) is 2. The Balaban J connectivity index is 0.00000196. The lowest BCUT2D eigenvalue weighted by Crippen LogP contribution is -2.14. The summed E-state index contributed by atoms with van der Waals surface area (Å²) in [6.07, 6.45) is -3.18. The molecule has 0 heterocycles. The molecule has 0 aromatic heterocycles. The Morgan fingerprint density at radius 2 is 1.93 bits per heavy atom. The van der Waals surface area contributed by atoms with Crippen molar-refractivity contribution in [3.05, 3.63) is 29.6 Å². The minimum Gasteiger partial charge on any atom is -0.508 e. The molecule has 86 valence electrons. The van der Waals surface area contributed by atoms with E-state index in [9.17, 15) is 18.3 Å². The molecule has 6 heteroatoms. The molecule has 1 aromatic carbocycles. The average Bonchev–Trinajstić information content (AvgIpc) is 2.08. The van der Waals surface area contributed by atoms with Crippen molar-refractivity contribution in [3.8, 4) is 5.75 Å². The van der Waals surface area contributed by atoms with Gasteiger partial charge in [0, 0.05) is 18.0 Å². The summed E-state index contributed by atoms with van der Waals surface area (Å²) in [5.41, 5.74) is 5.36. The van der Waals surface area contributed by atoms with Gasteiger partial charge in [0.05, 0.1) is 0 Å². The molecule has 0 saturated heterocycles. The van der Waals surface area contributed by atoms with Gasteiger partial charge in [-0.3, -0.25) is 0 Å². The minimum absolute atomic E-state index is 0. The van der Waals surface area contributed by atoms with Crippen LogP contribution in [0.1, 0.15) is 18.0 Å². The van der Waals surface area contributed by atoms with Gasteiger partial charge in [0.2, 0.25) is 6.43 Å². The van der Waals surface area contributed by atoms with Gasteiger partial charge < -0.3 is 10.8 Å². The molecule has 0 bridgehead atoms. The Kier molecular flexibility index (Phi) is 5.46. The molecular formula is C9H11ClF3NO. The summed E-state index contributed by atoms with van der Waals surface area (Å²) in [5, 5.41) is 9.23. The average molecular weight is 242 g/mol. The van der Waals surface area contributed by atoms with Gasteiger partial charge in [-0.15, -0.1) is 12.4 Å². The van der Waals surface area contributed by atoms with Crippen molar-refractivity contribution in [1.82, 2.24) is 0 Å². The zero-order valence-electron chi connectivity index (χ0n) is 7.66. The molecule has 0 aliphatic heterocycles. The van der Waals surface area contributed by atoms with Gasteiger partial charge in [-0.1, -0.05) is 0 Å². The Labute approximate surface area is 91.3 Å². The Bertz CT molecular complexity index is 322. The first kappa shape index (κ1) is 14.1. The normalized spacial score (nSPS) is 12.3. The molecule has 1 atom stereocenters. The van der Waals surface area contributed by atoms with E-state index in [1.165, 1.54) is 0 Å². The van der Waals surface area contributed by atoms with E-state index in [4.69, 9.17) is 5.73 Å². The van der Waals surface area contributed by atoms with Crippen LogP contribution in [-0.4, -0.2) is 11.5 Å². The van der Waals surface area contributed by atoms with E-state index in [1.54, 1.807) is 0 Å². The van der Waals surface area contributed by atoms with Gasteiger partial charge in [-0.2, -0.15) is 0 Å². The topological polar surface area (TPSA) is 46.2 Å². The fourth-order valence-corrected chi connectivity index (χ4v) is 1.14. The van der Waals surface area contributed by atoms with E-state index in [1.807, 2.05) is 0 Å². The molecule has 0 spiro atoms. The Hall–Kier alpha value is -0.940. The highest BCUT2D eigenvalue weighted by Gasteiger charge is 2.16. The second-order valence-corrected chi connectivity index (χ2v) is 2.94. The first-order valence-electron chi connectivity index (χ1n) is 4.03. The first-order valence-corrected chi connectivity index (χ1v) is 4.03. The van der Waals surface area contributed by atoms with Crippen LogP contribution >= 0.6 is 12.4 Å². The third kappa shape index (κ3) is 3.97. The Morgan fingerprint density at radius 3 is 2.47 bits per heavy atom. The molecule has 0 radical (unpaired) electrons. The largest absolute Gasteiger partial charge is 0.508 e. The fraction of sp³-hybridized carbons (Fsp3) is 0.333. The highest BCUT2D eigenvalue weighted by Crippen LogP contribution is 2.26. The van der Waals surface area contributed by atoms with Crippen molar-refractivity contribution in [2.45, 2.75) is 18.9 Å². The second-order valence-electron chi connectivity index (χ2n) is 2.94. The lowest BCUT2D eigenvalue weighted by atomic mass is 10.0. The third-order valence-corrected chi connectivity index (χ3v) is 1.82. The molecule has 0 saturated carbocycles. The van der Waals surface area contributed by atoms with Crippen LogP contribution in [0.25, 0.3) is 0 Å². The highest BCUT2D eigenvalue weighted by atomic mass is 35.5. The summed E-state index contributed by atoms with van der Waals surface area (Å²) in [5.74, 6) is -0.873. The molecule has 0 unspecified atom stereocenters. The third-order valence-electron chi connectivity index (χ3n) is 1.82. The van der Waals surface area contributed by atoms with Gasteiger partial charge in [0.1, 0.15) is 11.6 Å². The SMILES string of the molecule is Cl.N[C@H](CC(F)F)c1cc(F)ccc1O. The molecule has 0 aliphatic carbocycles. The zero-order valence-corrected chi connectivity index (χ0v) is 8.48. The molecule has 2 nitrogen and oxygen atoms in total. The number of benzene rings is 1. The summed E-state index contributed by atoms with van der Waals surface area (Å²) < 4.78 is 36.6. The lowest BCUT2D eigenvalue weighted by Gasteiger charge is -2.12. The molecule has 3 N–H and O–H groups in total. The van der Waals surface area contributed by atoms with Crippen LogP contribution in [0.5, 0.6) is 5.75 Å². The molecule has 0 aliphatic rings. The number of phenols is 1. The molecule has 1 aromatic rings. The number of alkyl halides is 2. The van der Waals surface area contributed by atoms with Crippen molar-refractivity contribution in [2.24, 2.45) is 5.73 Å². The summed E-state index contributed by atoms with van der Waals surface area (Å²) in [6, 6.07) is 2.04. The summed E-state index contributed by atoms with van der Waals surface area (Å²) in [4.78, 5) is 0. The summed E-state index contributed by atoms with van der Waals surface area (Å²) in [6.45, 7) is 0. The van der Waals surface area contributed by atoms with Crippen molar-refractivity contribution < 1.29 is 18.3 Å². The predicted molar refractivity (Wildman–Crippen MR) is 52.9 cm³/mol. The quantitative estimate of drug-likeness (QED) is 0.855. The first-order chi connectivity index (χ1) is 6.50. The van der Waals surface area contributed by atoms with Crippen molar-refractivity contribution >= 4 is 12.4 Å². The number of halogens is 4. The van der Waals surface area contributed by atoms with Crippen LogP contribution in [0.3, 0.4) is 0 Å². The monoisotopic (exact) mass is 241 g/mol. The minimum atomic E-state index is -2.58. The molecule has 1 rings (SSSR count). The van der Waals surface area contributed by atoms with Crippen LogP contribution in [0, 0.1) is 5.82 Å². The van der Waals surface area contributed by atoms with Crippen LogP contribution in [-0.2, 0) is 0 Å². The number of nitrogens with two attached hydrogens (primary N) is 1. The fourth-order valence-electron chi connectivity index (χ4n) is 1.14. The van der Waals surface area contributed by atoms with Crippen molar-refractivity contribution in [2.75, 3.05) is 0 Å². The van der Waals surface area contributed by atoms with E-state index in [-0.39, 0.29) is 23.7 Å². The van der Waals surface area contributed by atoms with Gasteiger partial charge in [0.15, 0.2) is 0 Å². The zero-order chi connectivity index (χ0) is 10.7. The lowest BCUT2D eigenvalue weighted by molar-refractivity contribution is 0.128. The van der Waals surface area contributed by atoms with E-state index in [2.05, 4.69) is 0 Å². The van der Waals surface area contributed by atoms with E-state index < -0.39 is 24.7 Å². The number of hydrogen-bond donors (Lipinski definition) is 2. The van der Waals surface area contributed by atoms with E-state index in [0.29, 0.717) is 0 Å². The second kappa shape index (κ2) is 5.82. The van der Waals surface area contributed by atoms with E-state index in [0.717, 1.165) is 18.2 Å². The number of rotatable bonds is 3. The highest BCUT2D eigenvalue weighted by molar-refractivity contribution is 5.85. The van der Waals surface area contributed by atoms with Gasteiger partial charge in [-0.25, -0.2) is 13.2 Å². The van der Waals surface area contributed by atoms with E-state index >= 15 is 0 Å². The smallest absolute Gasteiger partial charge is 0.240 e. The number of aromatic hydroxyl groups is 1. The van der Waals surface area contributed by atoms with Gasteiger partial charge in [-0.05, 0) is 18.2 Å². The predicted octanol–water partition coefficient (Wildman–Crippen LogP) is 2.61. The molecule has 15 heavy (non-hydrogen) atoms. The van der Waals surface area contributed by atoms with Crippen molar-refractivity contribution in [1.29, 1.82) is 0 Å². The maximum atomic E-state index is 12.7. The molecule has 0 fully saturated rings. The maximum Gasteiger partial charge on any atom is 0.240 e. The van der Waals surface area contributed by atoms with Crippen molar-refractivity contribution in [3.63, 3.8) is 0 Å². The maximum absolute atomic E-state index is 12.7. The Morgan fingerprint density at radius 1 is 1.33 bits per heavy atom. The van der Waals surface area contributed by atoms with Gasteiger partial charge in [0.25, 0.3) is 0 Å². The number of phenolic OH excluding ortho intramolecular Hbond substituents is 1. The molecular weight excluding hydrogens is 231 g/mol. The van der Waals surface area contributed by atoms with Crippen LogP contribution < -0.4 is 5.73 Å². The van der Waals surface area contributed by atoms with Gasteiger partial charge >= 0.3 is 0 Å². The molecule has 0 amide bonds. The van der Waals surface area contributed by atoms with Crippen LogP contribution in [0.2, 0.25) is 0 Å². The standard InChI is InChI=1S/C9H10F3NO.ClH/c10-5-1-2-8(14)6(3-5)7(13)4-9(11)12;/h1-3,7,9,14H,4,13H2;1H/t7-;/m1./s1. The summed E-state index contributed by atoms with van der Waals surface area (Å²) >= 11 is 0. The van der Waals surface area contributed by atoms with Crippen LogP contribution in [0.15, 0.2) is 18.2 Å².